The molecule has 0 atom stereocenters. The number of nitrogens with zero attached hydrogens (tertiary/aromatic N) is 1. The molecule has 0 fully saturated rings. The average molecular weight is 406 g/mol. The van der Waals surface area contributed by atoms with E-state index in [1.807, 2.05) is 0 Å². The van der Waals surface area contributed by atoms with Crippen LogP contribution in [0, 0.1) is 5.82 Å². The number of hydrogen-bond acceptors (Lipinski definition) is 5. The first kappa shape index (κ1) is 19.8. The van der Waals surface area contributed by atoms with Gasteiger partial charge in [0.15, 0.2) is 6.61 Å². The Morgan fingerprint density at radius 2 is 1.96 bits per heavy atom. The number of carbonyl (C=O) groups excluding carboxylic acids is 2. The van der Waals surface area contributed by atoms with Gasteiger partial charge in [-0.2, -0.15) is 0 Å². The van der Waals surface area contributed by atoms with Crippen LogP contribution in [0.1, 0.15) is 22.3 Å². The van der Waals surface area contributed by atoms with Crippen LogP contribution in [0.15, 0.2) is 42.5 Å². The summed E-state index contributed by atoms with van der Waals surface area (Å²) in [6.45, 7) is -0.175. The fourth-order valence-electron chi connectivity index (χ4n) is 3.00. The van der Waals surface area contributed by atoms with E-state index >= 15 is 0 Å². The Balaban J connectivity index is 1.65. The molecule has 2 aromatic rings. The monoisotopic (exact) mass is 406 g/mol. The zero-order valence-electron chi connectivity index (χ0n) is 15.1. The number of fused-ring (bicyclic) bond motifs is 1. The molecule has 9 heteroatoms. The van der Waals surface area contributed by atoms with Gasteiger partial charge in [-0.15, -0.1) is 0 Å². The standard InChI is InChI=1S/C19H19FN2O5S/c1-28(25,26)22-10-4-5-13-11-14(8-9-17(13)22)19(24)27-12-18(23)21-16-7-3-2-6-15(16)20/h2-3,6-9,11H,4-5,10,12H2,1H3,(H,21,23). The van der Waals surface area contributed by atoms with Gasteiger partial charge in [-0.3, -0.25) is 9.10 Å². The highest BCUT2D eigenvalue weighted by Crippen LogP contribution is 2.30. The molecule has 2 aromatic carbocycles. The van der Waals surface area contributed by atoms with E-state index in [1.165, 1.54) is 28.6 Å². The van der Waals surface area contributed by atoms with Gasteiger partial charge in [0.25, 0.3) is 5.91 Å². The molecule has 148 valence electrons. The smallest absolute Gasteiger partial charge is 0.338 e. The van der Waals surface area contributed by atoms with Crippen molar-refractivity contribution in [3.05, 3.63) is 59.4 Å². The lowest BCUT2D eigenvalue weighted by molar-refractivity contribution is -0.119. The maximum atomic E-state index is 13.5. The Kier molecular flexibility index (Phi) is 5.64. The second-order valence-corrected chi connectivity index (χ2v) is 8.29. The number of amides is 1. The number of hydrogen-bond donors (Lipinski definition) is 1. The summed E-state index contributed by atoms with van der Waals surface area (Å²) in [7, 11) is -3.39. The van der Waals surface area contributed by atoms with Crippen LogP contribution in [0.4, 0.5) is 15.8 Å². The van der Waals surface area contributed by atoms with Gasteiger partial charge in [-0.1, -0.05) is 12.1 Å². The van der Waals surface area contributed by atoms with E-state index in [4.69, 9.17) is 4.74 Å². The number of sulfonamides is 1. The van der Waals surface area contributed by atoms with E-state index in [2.05, 4.69) is 5.32 Å². The lowest BCUT2D eigenvalue weighted by Crippen LogP contribution is -2.34. The number of aryl methyl sites for hydroxylation is 1. The third-order valence-electron chi connectivity index (χ3n) is 4.27. The number of benzene rings is 2. The van der Waals surface area contributed by atoms with E-state index in [0.29, 0.717) is 25.1 Å². The van der Waals surface area contributed by atoms with Crippen LogP contribution in [0.5, 0.6) is 0 Å². The fourth-order valence-corrected chi connectivity index (χ4v) is 3.99. The van der Waals surface area contributed by atoms with Crippen LogP contribution in [0.3, 0.4) is 0 Å². The van der Waals surface area contributed by atoms with E-state index in [-0.39, 0.29) is 11.3 Å². The van der Waals surface area contributed by atoms with Gasteiger partial charge in [0.2, 0.25) is 10.0 Å². The summed E-state index contributed by atoms with van der Waals surface area (Å²) in [5.74, 6) is -1.98. The second kappa shape index (κ2) is 7.97. The summed E-state index contributed by atoms with van der Waals surface area (Å²) in [5.41, 5.74) is 1.48. The summed E-state index contributed by atoms with van der Waals surface area (Å²) >= 11 is 0. The number of halogens is 1. The quantitative estimate of drug-likeness (QED) is 0.770. The molecular formula is C19H19FN2O5S. The Labute approximate surface area is 162 Å². The van der Waals surface area contributed by atoms with Gasteiger partial charge in [0.1, 0.15) is 5.82 Å². The van der Waals surface area contributed by atoms with Crippen LogP contribution >= 0.6 is 0 Å². The van der Waals surface area contributed by atoms with Gasteiger partial charge in [-0.25, -0.2) is 17.6 Å². The predicted molar refractivity (Wildman–Crippen MR) is 102 cm³/mol. The summed E-state index contributed by atoms with van der Waals surface area (Å²) in [6.07, 6.45) is 2.41. The van der Waals surface area contributed by atoms with Crippen LogP contribution in [0.2, 0.25) is 0 Å². The molecule has 1 aliphatic heterocycles. The first-order valence-corrected chi connectivity index (χ1v) is 10.4. The molecule has 1 heterocycles. The molecule has 0 unspecified atom stereocenters. The van der Waals surface area contributed by atoms with Gasteiger partial charge >= 0.3 is 5.97 Å². The molecule has 3 rings (SSSR count). The number of anilines is 2. The maximum Gasteiger partial charge on any atom is 0.338 e. The van der Waals surface area contributed by atoms with Gasteiger partial charge in [0, 0.05) is 6.54 Å². The highest BCUT2D eigenvalue weighted by atomic mass is 32.2. The molecular weight excluding hydrogens is 387 g/mol. The van der Waals surface area contributed by atoms with Crippen molar-refractivity contribution in [2.45, 2.75) is 12.8 Å². The van der Waals surface area contributed by atoms with Gasteiger partial charge < -0.3 is 10.1 Å². The summed E-state index contributed by atoms with van der Waals surface area (Å²) < 4.78 is 43.6. The highest BCUT2D eigenvalue weighted by Gasteiger charge is 2.25. The van der Waals surface area contributed by atoms with Crippen LogP contribution < -0.4 is 9.62 Å². The number of carbonyl (C=O) groups is 2. The largest absolute Gasteiger partial charge is 0.452 e. The molecule has 1 aliphatic rings. The second-order valence-electron chi connectivity index (χ2n) is 6.39. The lowest BCUT2D eigenvalue weighted by Gasteiger charge is -2.29. The molecule has 0 saturated heterocycles. The first-order valence-electron chi connectivity index (χ1n) is 8.58. The molecule has 0 aliphatic carbocycles. The topological polar surface area (TPSA) is 92.8 Å². The number of nitrogens with one attached hydrogen (secondary N) is 1. The number of para-hydroxylation sites is 1. The Bertz CT molecular complexity index is 1020. The minimum atomic E-state index is -3.39. The first-order chi connectivity index (χ1) is 13.3. The van der Waals surface area contributed by atoms with Crippen molar-refractivity contribution in [2.75, 3.05) is 29.0 Å². The molecule has 28 heavy (non-hydrogen) atoms. The average Bonchev–Trinajstić information content (AvgIpc) is 2.66. The molecule has 0 aromatic heterocycles. The molecule has 1 N–H and O–H groups in total. The summed E-state index contributed by atoms with van der Waals surface area (Å²) in [5, 5.41) is 2.32. The van der Waals surface area contributed by atoms with E-state index in [0.717, 1.165) is 11.8 Å². The fraction of sp³-hybridized carbons (Fsp3) is 0.263. The van der Waals surface area contributed by atoms with E-state index in [1.54, 1.807) is 18.2 Å². The Morgan fingerprint density at radius 1 is 1.21 bits per heavy atom. The minimum Gasteiger partial charge on any atom is -0.452 e. The van der Waals surface area contributed by atoms with Crippen molar-refractivity contribution < 1.29 is 27.1 Å². The Hall–Kier alpha value is -2.94. The third-order valence-corrected chi connectivity index (χ3v) is 5.45. The SMILES string of the molecule is CS(=O)(=O)N1CCCc2cc(C(=O)OCC(=O)Nc3ccccc3F)ccc21. The normalized spacial score (nSPS) is 13.6. The summed E-state index contributed by atoms with van der Waals surface area (Å²) in [6, 6.07) is 10.2. The van der Waals surface area contributed by atoms with Crippen molar-refractivity contribution in [3.63, 3.8) is 0 Å². The number of ether oxygens (including phenoxy) is 1. The predicted octanol–water partition coefficient (Wildman–Crippen LogP) is 2.33. The zero-order chi connectivity index (χ0) is 20.3. The van der Waals surface area contributed by atoms with Gasteiger partial charge in [-0.05, 0) is 48.7 Å². The van der Waals surface area contributed by atoms with Crippen molar-refractivity contribution in [3.8, 4) is 0 Å². The van der Waals surface area contributed by atoms with Crippen LogP contribution in [-0.2, 0) is 26.0 Å². The molecule has 7 nitrogen and oxygen atoms in total. The molecule has 0 saturated carbocycles. The summed E-state index contributed by atoms with van der Waals surface area (Å²) in [4.78, 5) is 24.1. The minimum absolute atomic E-state index is 0.00167. The van der Waals surface area contributed by atoms with Crippen LogP contribution in [-0.4, -0.2) is 39.7 Å². The van der Waals surface area contributed by atoms with Crippen molar-refractivity contribution in [2.24, 2.45) is 0 Å². The molecule has 0 spiro atoms. The van der Waals surface area contributed by atoms with Crippen molar-refractivity contribution in [1.82, 2.24) is 0 Å². The van der Waals surface area contributed by atoms with Crippen molar-refractivity contribution in [1.29, 1.82) is 0 Å². The number of rotatable bonds is 5. The molecule has 0 radical (unpaired) electrons. The van der Waals surface area contributed by atoms with E-state index < -0.39 is 34.3 Å². The lowest BCUT2D eigenvalue weighted by atomic mass is 10.0. The maximum absolute atomic E-state index is 13.5. The molecule has 1 amide bonds. The zero-order valence-corrected chi connectivity index (χ0v) is 16.0. The molecule has 0 bridgehead atoms. The third kappa shape index (κ3) is 4.48. The highest BCUT2D eigenvalue weighted by molar-refractivity contribution is 7.92. The van der Waals surface area contributed by atoms with Crippen LogP contribution in [0.25, 0.3) is 0 Å². The van der Waals surface area contributed by atoms with Gasteiger partial charge in [0.05, 0.1) is 23.2 Å². The number of esters is 1. The Morgan fingerprint density at radius 3 is 2.68 bits per heavy atom. The van der Waals surface area contributed by atoms with Crippen molar-refractivity contribution >= 4 is 33.3 Å². The van der Waals surface area contributed by atoms with E-state index in [9.17, 15) is 22.4 Å².